The van der Waals surface area contributed by atoms with Crippen molar-refractivity contribution in [3.63, 3.8) is 0 Å². The first-order valence-electron chi connectivity index (χ1n) is 5.48. The number of hydrogen-bond donors (Lipinski definition) is 0. The lowest BCUT2D eigenvalue weighted by Crippen LogP contribution is -2.00. The average molecular weight is 267 g/mol. The molecule has 0 aliphatic rings. The maximum Gasteiger partial charge on any atom is 0.181 e. The van der Waals surface area contributed by atoms with Crippen LogP contribution < -0.4 is 4.74 Å². The van der Waals surface area contributed by atoms with Crippen LogP contribution in [0.3, 0.4) is 0 Å². The van der Waals surface area contributed by atoms with E-state index in [9.17, 15) is 4.39 Å². The van der Waals surface area contributed by atoms with Crippen LogP contribution in [-0.2, 0) is 12.8 Å². The topological polar surface area (TPSA) is 35.0 Å². The number of ether oxygens (including phenoxy) is 1. The van der Waals surface area contributed by atoms with Gasteiger partial charge in [0.05, 0.1) is 12.8 Å². The summed E-state index contributed by atoms with van der Waals surface area (Å²) >= 11 is 5.59. The van der Waals surface area contributed by atoms with Gasteiger partial charge in [0.2, 0.25) is 0 Å². The molecule has 0 fully saturated rings. The first-order chi connectivity index (χ1) is 8.70. The van der Waals surface area contributed by atoms with E-state index in [4.69, 9.17) is 16.3 Å². The summed E-state index contributed by atoms with van der Waals surface area (Å²) < 4.78 is 18.6. The summed E-state index contributed by atoms with van der Waals surface area (Å²) in [6, 6.07) is 7.64. The van der Waals surface area contributed by atoms with Crippen LogP contribution in [0.1, 0.15) is 11.3 Å². The first-order valence-corrected chi connectivity index (χ1v) is 5.86. The third kappa shape index (κ3) is 2.96. The van der Waals surface area contributed by atoms with Crippen molar-refractivity contribution >= 4 is 11.6 Å². The predicted molar refractivity (Wildman–Crippen MR) is 67.4 cm³/mol. The number of aryl methyl sites for hydroxylation is 2. The molecule has 0 atom stereocenters. The van der Waals surface area contributed by atoms with Gasteiger partial charge < -0.3 is 4.74 Å². The molecule has 0 saturated carbocycles. The van der Waals surface area contributed by atoms with Gasteiger partial charge in [-0.05, 0) is 30.5 Å². The van der Waals surface area contributed by atoms with E-state index in [1.54, 1.807) is 7.11 Å². The molecular formula is C13H12ClFN2O. The molecule has 0 N–H and O–H groups in total. The van der Waals surface area contributed by atoms with Gasteiger partial charge in [-0.1, -0.05) is 23.7 Å². The second kappa shape index (κ2) is 5.78. The standard InChI is InChI=1S/C13H12ClFN2O/c1-18-10-5-2-9(3-6-10)4-7-11-12(15)13(14)17-8-16-11/h2-3,5-6,8H,4,7H2,1H3. The van der Waals surface area contributed by atoms with E-state index >= 15 is 0 Å². The zero-order chi connectivity index (χ0) is 13.0. The molecule has 0 radical (unpaired) electrons. The summed E-state index contributed by atoms with van der Waals surface area (Å²) in [5.74, 6) is 0.266. The monoisotopic (exact) mass is 266 g/mol. The maximum atomic E-state index is 13.5. The molecule has 0 spiro atoms. The summed E-state index contributed by atoms with van der Waals surface area (Å²) in [5.41, 5.74) is 1.43. The molecule has 3 nitrogen and oxygen atoms in total. The Kier molecular flexibility index (Phi) is 4.10. The minimum Gasteiger partial charge on any atom is -0.497 e. The van der Waals surface area contributed by atoms with E-state index in [0.29, 0.717) is 18.5 Å². The van der Waals surface area contributed by atoms with E-state index in [1.807, 2.05) is 24.3 Å². The van der Waals surface area contributed by atoms with Crippen LogP contribution in [0.4, 0.5) is 4.39 Å². The van der Waals surface area contributed by atoms with Crippen LogP contribution in [0.5, 0.6) is 5.75 Å². The van der Waals surface area contributed by atoms with Crippen molar-refractivity contribution in [2.75, 3.05) is 7.11 Å². The van der Waals surface area contributed by atoms with Crippen LogP contribution in [-0.4, -0.2) is 17.1 Å². The Morgan fingerprint density at radius 1 is 1.17 bits per heavy atom. The molecule has 0 saturated heterocycles. The van der Waals surface area contributed by atoms with Crippen molar-refractivity contribution in [3.05, 3.63) is 52.8 Å². The molecule has 94 valence electrons. The van der Waals surface area contributed by atoms with Crippen LogP contribution in [0.2, 0.25) is 5.15 Å². The van der Waals surface area contributed by atoms with Crippen LogP contribution >= 0.6 is 11.6 Å². The van der Waals surface area contributed by atoms with E-state index < -0.39 is 5.82 Å². The quantitative estimate of drug-likeness (QED) is 0.798. The van der Waals surface area contributed by atoms with E-state index in [2.05, 4.69) is 9.97 Å². The highest BCUT2D eigenvalue weighted by molar-refractivity contribution is 6.29. The third-order valence-corrected chi connectivity index (χ3v) is 2.89. The highest BCUT2D eigenvalue weighted by Crippen LogP contribution is 2.16. The van der Waals surface area contributed by atoms with Crippen molar-refractivity contribution in [2.24, 2.45) is 0 Å². The number of hydrogen-bond acceptors (Lipinski definition) is 3. The lowest BCUT2D eigenvalue weighted by Gasteiger charge is -2.04. The number of halogens is 2. The second-order valence-electron chi connectivity index (χ2n) is 3.77. The van der Waals surface area contributed by atoms with E-state index in [1.165, 1.54) is 6.33 Å². The minimum absolute atomic E-state index is 0.130. The van der Waals surface area contributed by atoms with Gasteiger partial charge in [0.25, 0.3) is 0 Å². The molecule has 1 heterocycles. The first kappa shape index (κ1) is 12.8. The summed E-state index contributed by atoms with van der Waals surface area (Å²) in [6.07, 6.45) is 2.45. The number of nitrogens with zero attached hydrogens (tertiary/aromatic N) is 2. The van der Waals surface area contributed by atoms with Crippen molar-refractivity contribution in [1.29, 1.82) is 0 Å². The molecule has 0 aliphatic carbocycles. The van der Waals surface area contributed by atoms with Gasteiger partial charge in [0, 0.05) is 0 Å². The van der Waals surface area contributed by atoms with Gasteiger partial charge in [-0.3, -0.25) is 0 Å². The molecule has 0 unspecified atom stereocenters. The molecule has 0 bridgehead atoms. The molecular weight excluding hydrogens is 255 g/mol. The molecule has 5 heteroatoms. The normalized spacial score (nSPS) is 10.4. The smallest absolute Gasteiger partial charge is 0.181 e. The zero-order valence-electron chi connectivity index (χ0n) is 9.86. The summed E-state index contributed by atoms with van der Waals surface area (Å²) in [6.45, 7) is 0. The van der Waals surface area contributed by atoms with Crippen molar-refractivity contribution in [2.45, 2.75) is 12.8 Å². The third-order valence-electron chi connectivity index (χ3n) is 2.63. The Balaban J connectivity index is 2.04. The van der Waals surface area contributed by atoms with Gasteiger partial charge >= 0.3 is 0 Å². The van der Waals surface area contributed by atoms with E-state index in [0.717, 1.165) is 11.3 Å². The Morgan fingerprint density at radius 2 is 1.89 bits per heavy atom. The van der Waals surface area contributed by atoms with Crippen molar-refractivity contribution < 1.29 is 9.13 Å². The molecule has 0 aliphatic heterocycles. The molecule has 0 amide bonds. The van der Waals surface area contributed by atoms with E-state index in [-0.39, 0.29) is 5.15 Å². The molecule has 18 heavy (non-hydrogen) atoms. The van der Waals surface area contributed by atoms with Crippen LogP contribution in [0.25, 0.3) is 0 Å². The Labute approximate surface area is 110 Å². The SMILES string of the molecule is COc1ccc(CCc2ncnc(Cl)c2F)cc1. The zero-order valence-corrected chi connectivity index (χ0v) is 10.6. The van der Waals surface area contributed by atoms with Gasteiger partial charge in [0.15, 0.2) is 11.0 Å². The minimum atomic E-state index is -0.535. The van der Waals surface area contributed by atoms with Crippen LogP contribution in [0, 0.1) is 5.82 Å². The fraction of sp³-hybridized carbons (Fsp3) is 0.231. The average Bonchev–Trinajstić information content (AvgIpc) is 2.41. The fourth-order valence-corrected chi connectivity index (χ4v) is 1.76. The maximum absolute atomic E-state index is 13.5. The van der Waals surface area contributed by atoms with Gasteiger partial charge in [-0.2, -0.15) is 0 Å². The lowest BCUT2D eigenvalue weighted by molar-refractivity contribution is 0.414. The Morgan fingerprint density at radius 3 is 2.56 bits per heavy atom. The largest absolute Gasteiger partial charge is 0.497 e. The lowest BCUT2D eigenvalue weighted by atomic mass is 10.1. The number of benzene rings is 1. The number of rotatable bonds is 4. The molecule has 1 aromatic heterocycles. The summed E-state index contributed by atoms with van der Waals surface area (Å²) in [7, 11) is 1.62. The number of methoxy groups -OCH3 is 1. The second-order valence-corrected chi connectivity index (χ2v) is 4.13. The number of aromatic nitrogens is 2. The molecule has 1 aromatic carbocycles. The molecule has 2 aromatic rings. The highest BCUT2D eigenvalue weighted by atomic mass is 35.5. The van der Waals surface area contributed by atoms with Gasteiger partial charge in [-0.15, -0.1) is 0 Å². The van der Waals surface area contributed by atoms with Crippen LogP contribution in [0.15, 0.2) is 30.6 Å². The van der Waals surface area contributed by atoms with Gasteiger partial charge in [-0.25, -0.2) is 14.4 Å². The van der Waals surface area contributed by atoms with Crippen molar-refractivity contribution in [1.82, 2.24) is 9.97 Å². The van der Waals surface area contributed by atoms with Gasteiger partial charge in [0.1, 0.15) is 12.1 Å². The fourth-order valence-electron chi connectivity index (χ4n) is 1.61. The highest BCUT2D eigenvalue weighted by Gasteiger charge is 2.08. The predicted octanol–water partition coefficient (Wildman–Crippen LogP) is 3.06. The Bertz CT molecular complexity index is 531. The summed E-state index contributed by atoms with van der Waals surface area (Å²) in [4.78, 5) is 7.47. The van der Waals surface area contributed by atoms with Crippen molar-refractivity contribution in [3.8, 4) is 5.75 Å². The Hall–Kier alpha value is -1.68. The summed E-state index contributed by atoms with van der Waals surface area (Å²) in [5, 5.41) is -0.130. The molecule has 2 rings (SSSR count).